The second-order valence-corrected chi connectivity index (χ2v) is 4.23. The predicted octanol–water partition coefficient (Wildman–Crippen LogP) is 3.03. The van der Waals surface area contributed by atoms with Crippen molar-refractivity contribution in [2.75, 3.05) is 6.61 Å². The lowest BCUT2D eigenvalue weighted by Crippen LogP contribution is -2.16. The van der Waals surface area contributed by atoms with Gasteiger partial charge < -0.3 is 9.84 Å². The molecule has 0 saturated heterocycles. The van der Waals surface area contributed by atoms with Crippen LogP contribution < -0.4 is 0 Å². The lowest BCUT2D eigenvalue weighted by molar-refractivity contribution is -0.136. The first-order valence-corrected chi connectivity index (χ1v) is 5.83. The van der Waals surface area contributed by atoms with E-state index in [1.165, 1.54) is 0 Å². The molecule has 0 unspecified atom stereocenters. The smallest absolute Gasteiger partial charge is 0.342 e. The highest BCUT2D eigenvalue weighted by atomic mass is 16.5. The molecular weight excluding hydrogens is 216 g/mol. The molecule has 0 aliphatic heterocycles. The van der Waals surface area contributed by atoms with Crippen LogP contribution in [-0.4, -0.2) is 17.7 Å². The fourth-order valence-corrected chi connectivity index (χ4v) is 2.24. The number of aliphatic hydroxyl groups excluding tert-OH is 1. The zero-order valence-electron chi connectivity index (χ0n) is 10.1. The molecule has 0 bridgehead atoms. The number of hydrogen-bond acceptors (Lipinski definition) is 3. The summed E-state index contributed by atoms with van der Waals surface area (Å²) in [5, 5.41) is 9.96. The highest BCUT2D eigenvalue weighted by Crippen LogP contribution is 2.37. The van der Waals surface area contributed by atoms with Gasteiger partial charge in [0.15, 0.2) is 0 Å². The molecule has 0 amide bonds. The molecule has 3 nitrogen and oxygen atoms in total. The van der Waals surface area contributed by atoms with Gasteiger partial charge in [0.2, 0.25) is 0 Å². The minimum Gasteiger partial charge on any atom is -0.511 e. The van der Waals surface area contributed by atoms with Crippen LogP contribution in [0.3, 0.4) is 0 Å². The summed E-state index contributed by atoms with van der Waals surface area (Å²) in [7, 11) is 0. The maximum absolute atomic E-state index is 11.8. The maximum Gasteiger partial charge on any atom is 0.342 e. The van der Waals surface area contributed by atoms with Crippen molar-refractivity contribution >= 4 is 11.5 Å². The van der Waals surface area contributed by atoms with Crippen LogP contribution in [0.2, 0.25) is 0 Å². The van der Waals surface area contributed by atoms with E-state index in [1.807, 2.05) is 31.2 Å². The van der Waals surface area contributed by atoms with Crippen LogP contribution in [0.5, 0.6) is 0 Å². The van der Waals surface area contributed by atoms with Crippen LogP contribution in [-0.2, 0) is 9.53 Å². The van der Waals surface area contributed by atoms with E-state index in [0.29, 0.717) is 18.6 Å². The first-order valence-electron chi connectivity index (χ1n) is 5.83. The van der Waals surface area contributed by atoms with Gasteiger partial charge in [-0.2, -0.15) is 0 Å². The van der Waals surface area contributed by atoms with Gasteiger partial charge in [0.1, 0.15) is 11.3 Å². The van der Waals surface area contributed by atoms with Crippen LogP contribution in [0, 0.1) is 0 Å². The number of benzene rings is 1. The largest absolute Gasteiger partial charge is 0.511 e. The van der Waals surface area contributed by atoms with E-state index in [-0.39, 0.29) is 11.7 Å². The molecule has 1 atom stereocenters. The number of allylic oxidation sites excluding steroid dienone is 1. The highest BCUT2D eigenvalue weighted by Gasteiger charge is 2.28. The molecule has 1 N–H and O–H groups in total. The molecule has 2 rings (SSSR count). The van der Waals surface area contributed by atoms with Gasteiger partial charge in [0.05, 0.1) is 6.61 Å². The van der Waals surface area contributed by atoms with Gasteiger partial charge in [0.25, 0.3) is 0 Å². The van der Waals surface area contributed by atoms with E-state index in [0.717, 1.165) is 11.1 Å². The van der Waals surface area contributed by atoms with Crippen molar-refractivity contribution in [3.8, 4) is 0 Å². The first-order chi connectivity index (χ1) is 8.15. The molecule has 0 aromatic heterocycles. The Labute approximate surface area is 101 Å². The number of ether oxygens (including phenoxy) is 1. The van der Waals surface area contributed by atoms with Crippen LogP contribution >= 0.6 is 0 Å². The fraction of sp³-hybridized carbons (Fsp3) is 0.357. The third-order valence-corrected chi connectivity index (χ3v) is 3.03. The highest BCUT2D eigenvalue weighted by molar-refractivity contribution is 6.18. The molecule has 0 heterocycles. The van der Waals surface area contributed by atoms with Crippen molar-refractivity contribution < 1.29 is 14.6 Å². The van der Waals surface area contributed by atoms with Crippen molar-refractivity contribution in [2.45, 2.75) is 26.2 Å². The summed E-state index contributed by atoms with van der Waals surface area (Å²) in [5.74, 6) is -0.0802. The van der Waals surface area contributed by atoms with Gasteiger partial charge in [-0.1, -0.05) is 31.2 Å². The lowest BCUT2D eigenvalue weighted by atomic mass is 9.83. The average Bonchev–Trinajstić information content (AvgIpc) is 2.29. The number of carbonyl (C=O) groups is 1. The van der Waals surface area contributed by atoms with E-state index in [9.17, 15) is 9.90 Å². The quantitative estimate of drug-likeness (QED) is 0.797. The Morgan fingerprint density at radius 1 is 1.47 bits per heavy atom. The first kappa shape index (κ1) is 11.7. The Morgan fingerprint density at radius 2 is 2.18 bits per heavy atom. The van der Waals surface area contributed by atoms with Crippen LogP contribution in [0.1, 0.15) is 37.3 Å². The number of rotatable bonds is 2. The summed E-state index contributed by atoms with van der Waals surface area (Å²) < 4.78 is 4.99. The molecule has 0 saturated carbocycles. The fourth-order valence-electron chi connectivity index (χ4n) is 2.24. The van der Waals surface area contributed by atoms with Gasteiger partial charge in [-0.05, 0) is 24.0 Å². The summed E-state index contributed by atoms with van der Waals surface area (Å²) in [6.45, 7) is 4.11. The van der Waals surface area contributed by atoms with E-state index in [2.05, 4.69) is 0 Å². The Kier molecular flexibility index (Phi) is 3.18. The molecule has 1 aromatic rings. The molecule has 1 aliphatic rings. The third-order valence-electron chi connectivity index (χ3n) is 3.03. The summed E-state index contributed by atoms with van der Waals surface area (Å²) in [4.78, 5) is 11.8. The molecule has 90 valence electrons. The lowest BCUT2D eigenvalue weighted by Gasteiger charge is -2.23. The SMILES string of the molecule is CCOC(=O)C1=C(O)C[C@H](C)c2ccccc21. The normalized spacial score (nSPS) is 18.8. The van der Waals surface area contributed by atoms with Gasteiger partial charge in [0, 0.05) is 6.42 Å². The van der Waals surface area contributed by atoms with Crippen molar-refractivity contribution in [1.29, 1.82) is 0 Å². The van der Waals surface area contributed by atoms with E-state index < -0.39 is 5.97 Å². The summed E-state index contributed by atoms with van der Waals surface area (Å²) in [6, 6.07) is 7.66. The standard InChI is InChI=1S/C14H16O3/c1-3-17-14(16)13-11-7-5-4-6-10(11)9(2)8-12(13)15/h4-7,9,15H,3,8H2,1-2H3/t9-/m0/s1. The van der Waals surface area contributed by atoms with Crippen LogP contribution in [0.25, 0.3) is 5.57 Å². The summed E-state index contributed by atoms with van der Waals surface area (Å²) >= 11 is 0. The second-order valence-electron chi connectivity index (χ2n) is 4.23. The van der Waals surface area contributed by atoms with E-state index >= 15 is 0 Å². The van der Waals surface area contributed by atoms with Crippen molar-refractivity contribution in [1.82, 2.24) is 0 Å². The minimum absolute atomic E-state index is 0.134. The zero-order valence-corrected chi connectivity index (χ0v) is 10.1. The average molecular weight is 232 g/mol. The Hall–Kier alpha value is -1.77. The van der Waals surface area contributed by atoms with Crippen molar-refractivity contribution in [2.24, 2.45) is 0 Å². The Balaban J connectivity index is 2.50. The van der Waals surface area contributed by atoms with Crippen LogP contribution in [0.4, 0.5) is 0 Å². The third kappa shape index (κ3) is 2.05. The van der Waals surface area contributed by atoms with Gasteiger partial charge in [-0.15, -0.1) is 0 Å². The van der Waals surface area contributed by atoms with E-state index in [1.54, 1.807) is 6.92 Å². The van der Waals surface area contributed by atoms with E-state index in [4.69, 9.17) is 4.74 Å². The number of aliphatic hydroxyl groups is 1. The summed E-state index contributed by atoms with van der Waals surface area (Å²) in [5.41, 5.74) is 2.20. The van der Waals surface area contributed by atoms with Gasteiger partial charge >= 0.3 is 5.97 Å². The molecule has 17 heavy (non-hydrogen) atoms. The molecule has 1 aromatic carbocycles. The van der Waals surface area contributed by atoms with Gasteiger partial charge in [-0.25, -0.2) is 4.79 Å². The molecular formula is C14H16O3. The monoisotopic (exact) mass is 232 g/mol. The molecule has 3 heteroatoms. The van der Waals surface area contributed by atoms with Crippen molar-refractivity contribution in [3.63, 3.8) is 0 Å². The van der Waals surface area contributed by atoms with Crippen LogP contribution in [0.15, 0.2) is 30.0 Å². The summed E-state index contributed by atoms with van der Waals surface area (Å²) in [6.07, 6.45) is 0.491. The topological polar surface area (TPSA) is 46.5 Å². The molecule has 0 fully saturated rings. The number of fused-ring (bicyclic) bond motifs is 1. The number of hydrogen-bond donors (Lipinski definition) is 1. The Morgan fingerprint density at radius 3 is 2.88 bits per heavy atom. The zero-order chi connectivity index (χ0) is 12.4. The molecule has 1 aliphatic carbocycles. The predicted molar refractivity (Wildman–Crippen MR) is 65.7 cm³/mol. The number of carbonyl (C=O) groups excluding carboxylic acids is 1. The molecule has 0 radical (unpaired) electrons. The Bertz CT molecular complexity index is 474. The molecule has 0 spiro atoms. The van der Waals surface area contributed by atoms with Crippen molar-refractivity contribution in [3.05, 3.63) is 41.2 Å². The number of esters is 1. The maximum atomic E-state index is 11.8. The second kappa shape index (κ2) is 4.62. The van der Waals surface area contributed by atoms with Gasteiger partial charge in [-0.3, -0.25) is 0 Å². The minimum atomic E-state index is -0.440.